The maximum atomic E-state index is 12.8. The van der Waals surface area contributed by atoms with Gasteiger partial charge in [0.25, 0.3) is 11.8 Å². The largest absolute Gasteiger partial charge is 0.471 e. The number of hydrogen-bond acceptors (Lipinski definition) is 5. The Morgan fingerprint density at radius 2 is 2.00 bits per heavy atom. The number of hydrogen-bond donors (Lipinski definition) is 1. The van der Waals surface area contributed by atoms with E-state index in [0.717, 1.165) is 13.3 Å². The summed E-state index contributed by atoms with van der Waals surface area (Å²) in [5.41, 5.74) is 1.66. The quantitative estimate of drug-likeness (QED) is 0.672. The molecule has 1 N–H and O–H groups in total. The molecular formula is C20H23F2N3O3. The van der Waals surface area contributed by atoms with Crippen LogP contribution in [0.25, 0.3) is 0 Å². The van der Waals surface area contributed by atoms with Crippen molar-refractivity contribution in [2.24, 2.45) is 0 Å². The molecule has 0 radical (unpaired) electrons. The number of carbonyl (C=O) groups excluding carboxylic acids is 2. The minimum Gasteiger partial charge on any atom is -0.471 e. The first-order valence-electron chi connectivity index (χ1n) is 8.97. The van der Waals surface area contributed by atoms with Crippen molar-refractivity contribution in [1.29, 1.82) is 0 Å². The summed E-state index contributed by atoms with van der Waals surface area (Å²) in [6.07, 6.45) is 4.42. The van der Waals surface area contributed by atoms with Gasteiger partial charge in [0, 0.05) is 56.0 Å². The summed E-state index contributed by atoms with van der Waals surface area (Å²) in [6, 6.07) is 6.28. The Bertz CT molecular complexity index is 805. The Balaban J connectivity index is 1.89. The number of Topliss-reactive ketones (excluding diaryl/α,β-unsaturated/α-hetero) is 1. The van der Waals surface area contributed by atoms with E-state index in [1.54, 1.807) is 18.2 Å². The van der Waals surface area contributed by atoms with Crippen LogP contribution in [-0.2, 0) is 17.8 Å². The summed E-state index contributed by atoms with van der Waals surface area (Å²) in [7, 11) is 0. The molecule has 0 unspecified atom stereocenters. The number of aromatic nitrogens is 2. The van der Waals surface area contributed by atoms with Gasteiger partial charge in [-0.25, -0.2) is 13.8 Å². The monoisotopic (exact) mass is 391 g/mol. The zero-order valence-electron chi connectivity index (χ0n) is 15.9. The minimum absolute atomic E-state index is 0.0850. The van der Waals surface area contributed by atoms with E-state index in [2.05, 4.69) is 15.3 Å². The minimum atomic E-state index is -2.93. The van der Waals surface area contributed by atoms with Crippen LogP contribution in [-0.4, -0.2) is 34.2 Å². The van der Waals surface area contributed by atoms with Crippen molar-refractivity contribution in [2.75, 3.05) is 6.61 Å². The van der Waals surface area contributed by atoms with E-state index in [4.69, 9.17) is 4.74 Å². The first-order valence-corrected chi connectivity index (χ1v) is 8.97. The normalized spacial score (nSPS) is 11.1. The van der Waals surface area contributed by atoms with Crippen LogP contribution in [0.15, 0.2) is 36.7 Å². The van der Waals surface area contributed by atoms with Gasteiger partial charge < -0.3 is 10.1 Å². The molecule has 0 aliphatic rings. The zero-order valence-corrected chi connectivity index (χ0v) is 15.9. The lowest BCUT2D eigenvalue weighted by Crippen LogP contribution is -2.23. The topological polar surface area (TPSA) is 81.2 Å². The van der Waals surface area contributed by atoms with Gasteiger partial charge in [0.2, 0.25) is 5.88 Å². The predicted octanol–water partition coefficient (Wildman–Crippen LogP) is 3.35. The number of ketones is 1. The number of carbonyl (C=O) groups is 2. The fraction of sp³-hybridized carbons (Fsp3) is 0.400. The van der Waals surface area contributed by atoms with Crippen molar-refractivity contribution in [3.05, 3.63) is 53.5 Å². The highest BCUT2D eigenvalue weighted by Crippen LogP contribution is 2.15. The molecule has 150 valence electrons. The Morgan fingerprint density at radius 1 is 1.21 bits per heavy atom. The smallest absolute Gasteiger partial charge is 0.278 e. The molecule has 0 atom stereocenters. The number of halogens is 2. The van der Waals surface area contributed by atoms with Gasteiger partial charge in [-0.15, -0.1) is 0 Å². The van der Waals surface area contributed by atoms with Crippen LogP contribution in [0.1, 0.15) is 48.3 Å². The van der Waals surface area contributed by atoms with E-state index in [1.165, 1.54) is 18.5 Å². The van der Waals surface area contributed by atoms with Crippen LogP contribution >= 0.6 is 0 Å². The fourth-order valence-corrected chi connectivity index (χ4v) is 2.37. The lowest BCUT2D eigenvalue weighted by Gasteiger charge is -2.11. The van der Waals surface area contributed by atoms with Crippen molar-refractivity contribution in [2.45, 2.75) is 45.6 Å². The average Bonchev–Trinajstić information content (AvgIpc) is 2.65. The predicted molar refractivity (Wildman–Crippen MR) is 99.4 cm³/mol. The van der Waals surface area contributed by atoms with Crippen LogP contribution < -0.4 is 10.1 Å². The van der Waals surface area contributed by atoms with E-state index >= 15 is 0 Å². The van der Waals surface area contributed by atoms with Crippen molar-refractivity contribution in [3.63, 3.8) is 0 Å². The highest BCUT2D eigenvalue weighted by atomic mass is 19.3. The van der Waals surface area contributed by atoms with Gasteiger partial charge in [-0.3, -0.25) is 14.6 Å². The number of rotatable bonds is 10. The first-order chi connectivity index (χ1) is 13.3. The molecule has 0 spiro atoms. The molecule has 2 aromatic heterocycles. The fourth-order valence-electron chi connectivity index (χ4n) is 2.37. The van der Waals surface area contributed by atoms with Gasteiger partial charge in [0.15, 0.2) is 6.61 Å². The molecule has 0 aromatic carbocycles. The highest BCUT2D eigenvalue weighted by molar-refractivity contribution is 5.94. The molecule has 2 rings (SSSR count). The Morgan fingerprint density at radius 3 is 2.64 bits per heavy atom. The maximum absolute atomic E-state index is 12.8. The molecule has 0 bridgehead atoms. The summed E-state index contributed by atoms with van der Waals surface area (Å²) >= 11 is 0. The van der Waals surface area contributed by atoms with Gasteiger partial charge in [0.1, 0.15) is 5.78 Å². The van der Waals surface area contributed by atoms with Gasteiger partial charge in [0.05, 0.1) is 0 Å². The van der Waals surface area contributed by atoms with Crippen LogP contribution in [0.5, 0.6) is 5.88 Å². The zero-order chi connectivity index (χ0) is 20.6. The van der Waals surface area contributed by atoms with Crippen LogP contribution in [0, 0.1) is 0 Å². The third-order valence-electron chi connectivity index (χ3n) is 3.71. The number of nitrogens with one attached hydrogen (secondary N) is 1. The lowest BCUT2D eigenvalue weighted by atomic mass is 10.1. The molecule has 0 saturated heterocycles. The number of alkyl halides is 2. The molecule has 28 heavy (non-hydrogen) atoms. The first kappa shape index (κ1) is 21.4. The number of ether oxygens (including phenoxy) is 1. The van der Waals surface area contributed by atoms with E-state index in [1.807, 2.05) is 6.92 Å². The molecule has 0 aliphatic carbocycles. The van der Waals surface area contributed by atoms with Crippen molar-refractivity contribution >= 4 is 11.7 Å². The third-order valence-corrected chi connectivity index (χ3v) is 3.71. The molecule has 8 heteroatoms. The molecule has 2 heterocycles. The highest BCUT2D eigenvalue weighted by Gasteiger charge is 2.22. The number of pyridine rings is 2. The Labute approximate surface area is 162 Å². The van der Waals surface area contributed by atoms with Crippen LogP contribution in [0.4, 0.5) is 8.78 Å². The SMILES string of the molecule is CCCC(=O)Cc1cc(C(=O)NCc2ccc(OCC(C)(F)F)nc2)ccn1. The van der Waals surface area contributed by atoms with Crippen molar-refractivity contribution in [1.82, 2.24) is 15.3 Å². The Kier molecular flexibility index (Phi) is 7.54. The van der Waals surface area contributed by atoms with Crippen molar-refractivity contribution in [3.8, 4) is 5.88 Å². The van der Waals surface area contributed by atoms with Gasteiger partial charge in [-0.1, -0.05) is 13.0 Å². The van der Waals surface area contributed by atoms with E-state index in [-0.39, 0.29) is 30.5 Å². The van der Waals surface area contributed by atoms with Gasteiger partial charge >= 0.3 is 0 Å². The molecule has 0 fully saturated rings. The number of nitrogens with zero attached hydrogens (tertiary/aromatic N) is 2. The van der Waals surface area contributed by atoms with E-state index in [0.29, 0.717) is 23.2 Å². The van der Waals surface area contributed by atoms with Gasteiger partial charge in [-0.05, 0) is 24.1 Å². The molecule has 2 aromatic rings. The maximum Gasteiger partial charge on any atom is 0.278 e. The lowest BCUT2D eigenvalue weighted by molar-refractivity contribution is -0.118. The van der Waals surface area contributed by atoms with Crippen LogP contribution in [0.2, 0.25) is 0 Å². The molecule has 0 aliphatic heterocycles. The molecule has 1 amide bonds. The third kappa shape index (κ3) is 7.38. The van der Waals surface area contributed by atoms with Crippen molar-refractivity contribution < 1.29 is 23.1 Å². The Hall–Kier alpha value is -2.90. The summed E-state index contributed by atoms with van der Waals surface area (Å²) in [5.74, 6) is -3.06. The second-order valence-electron chi connectivity index (χ2n) is 6.55. The standard InChI is InChI=1S/C20H23F2N3O3/c1-3-4-17(26)10-16-9-15(7-8-23-16)19(27)25-12-14-5-6-18(24-11-14)28-13-20(2,21)22/h5-9,11H,3-4,10,12-13H2,1-2H3,(H,25,27). The molecular weight excluding hydrogens is 368 g/mol. The average molecular weight is 391 g/mol. The van der Waals surface area contributed by atoms with Gasteiger partial charge in [-0.2, -0.15) is 0 Å². The second kappa shape index (κ2) is 9.87. The summed E-state index contributed by atoms with van der Waals surface area (Å²) < 4.78 is 30.4. The summed E-state index contributed by atoms with van der Waals surface area (Å²) in [5, 5.41) is 2.74. The molecule has 6 nitrogen and oxygen atoms in total. The number of amides is 1. The van der Waals surface area contributed by atoms with E-state index < -0.39 is 12.5 Å². The summed E-state index contributed by atoms with van der Waals surface area (Å²) in [6.45, 7) is 2.16. The summed E-state index contributed by atoms with van der Waals surface area (Å²) in [4.78, 5) is 32.1. The van der Waals surface area contributed by atoms with Crippen LogP contribution in [0.3, 0.4) is 0 Å². The molecule has 0 saturated carbocycles. The second-order valence-corrected chi connectivity index (χ2v) is 6.55. The van der Waals surface area contributed by atoms with E-state index in [9.17, 15) is 18.4 Å².